The van der Waals surface area contributed by atoms with Crippen LogP contribution in [-0.2, 0) is 11.3 Å². The summed E-state index contributed by atoms with van der Waals surface area (Å²) >= 11 is 7.69. The van der Waals surface area contributed by atoms with Gasteiger partial charge in [0.25, 0.3) is 5.91 Å². The Morgan fingerprint density at radius 2 is 1.88 bits per heavy atom. The number of hydrogen-bond acceptors (Lipinski definition) is 3. The third-order valence-electron chi connectivity index (χ3n) is 6.35. The van der Waals surface area contributed by atoms with Gasteiger partial charge in [-0.25, -0.2) is 0 Å². The van der Waals surface area contributed by atoms with Crippen LogP contribution in [0.1, 0.15) is 48.7 Å². The Balaban J connectivity index is 1.47. The summed E-state index contributed by atoms with van der Waals surface area (Å²) in [5, 5.41) is 2.76. The summed E-state index contributed by atoms with van der Waals surface area (Å²) in [7, 11) is 1.89. The normalized spacial score (nSPS) is 14.8. The van der Waals surface area contributed by atoms with Crippen LogP contribution in [0.4, 0.5) is 0 Å². The molecule has 1 aliphatic rings. The lowest BCUT2D eigenvalue weighted by atomic mass is 9.95. The number of thiophene rings is 1. The second-order valence-corrected chi connectivity index (χ2v) is 9.98. The lowest BCUT2D eigenvalue weighted by molar-refractivity contribution is -0.135. The molecule has 3 aromatic rings. The first kappa shape index (κ1) is 22.9. The molecule has 3 heterocycles. The smallest absolute Gasteiger partial charge is 0.270 e. The van der Waals surface area contributed by atoms with E-state index in [-0.39, 0.29) is 17.7 Å². The summed E-state index contributed by atoms with van der Waals surface area (Å²) in [5.41, 5.74) is 2.90. The molecule has 0 aliphatic carbocycles. The molecule has 0 spiro atoms. The summed E-state index contributed by atoms with van der Waals surface area (Å²) in [6.45, 7) is 4.81. The highest BCUT2D eigenvalue weighted by Crippen LogP contribution is 2.29. The summed E-state index contributed by atoms with van der Waals surface area (Å²) in [6, 6.07) is 11.8. The number of carbonyl (C=O) groups excluding carboxylic acids is 2. The Morgan fingerprint density at radius 3 is 2.56 bits per heavy atom. The molecule has 7 heteroatoms. The molecule has 0 unspecified atom stereocenters. The molecule has 32 heavy (non-hydrogen) atoms. The van der Waals surface area contributed by atoms with Crippen LogP contribution in [-0.4, -0.2) is 52.9 Å². The van der Waals surface area contributed by atoms with Crippen molar-refractivity contribution in [2.24, 2.45) is 5.92 Å². The van der Waals surface area contributed by atoms with Crippen molar-refractivity contribution < 1.29 is 9.59 Å². The Labute approximate surface area is 198 Å². The number of aromatic nitrogens is 1. The average Bonchev–Trinajstić information content (AvgIpc) is 3.40. The van der Waals surface area contributed by atoms with Crippen molar-refractivity contribution in [3.8, 4) is 0 Å². The molecule has 4 rings (SSSR count). The van der Waals surface area contributed by atoms with Crippen molar-refractivity contribution in [2.75, 3.05) is 26.7 Å². The fraction of sp³-hybridized carbons (Fsp3) is 0.440. The van der Waals surface area contributed by atoms with Crippen LogP contribution in [0, 0.1) is 5.92 Å². The number of nitrogens with zero attached hydrogens (tertiary/aromatic N) is 3. The predicted molar refractivity (Wildman–Crippen MR) is 132 cm³/mol. The quantitative estimate of drug-likeness (QED) is 0.455. The Kier molecular flexibility index (Phi) is 7.21. The van der Waals surface area contributed by atoms with Crippen molar-refractivity contribution in [1.82, 2.24) is 14.4 Å². The molecule has 1 saturated heterocycles. The number of unbranched alkanes of at least 4 members (excludes halogenated alkanes) is 1. The van der Waals surface area contributed by atoms with E-state index in [0.717, 1.165) is 48.0 Å². The molecule has 0 bridgehead atoms. The molecular weight excluding hydrogens is 442 g/mol. The van der Waals surface area contributed by atoms with Crippen molar-refractivity contribution in [2.45, 2.75) is 39.2 Å². The second kappa shape index (κ2) is 10.1. The number of carbonyl (C=O) groups is 2. The van der Waals surface area contributed by atoms with E-state index in [2.05, 4.69) is 22.9 Å². The van der Waals surface area contributed by atoms with Crippen LogP contribution in [0.25, 0.3) is 10.2 Å². The number of piperidine rings is 1. The van der Waals surface area contributed by atoms with Gasteiger partial charge in [0.1, 0.15) is 5.69 Å². The summed E-state index contributed by atoms with van der Waals surface area (Å²) in [6.07, 6.45) is 3.57. The van der Waals surface area contributed by atoms with Crippen LogP contribution in [0.5, 0.6) is 0 Å². The zero-order valence-corrected chi connectivity index (χ0v) is 20.3. The predicted octanol–water partition coefficient (Wildman–Crippen LogP) is 5.52. The van der Waals surface area contributed by atoms with Crippen LogP contribution in [0.2, 0.25) is 5.02 Å². The van der Waals surface area contributed by atoms with Crippen LogP contribution < -0.4 is 0 Å². The molecule has 2 aromatic heterocycles. The van der Waals surface area contributed by atoms with E-state index in [4.69, 9.17) is 11.6 Å². The van der Waals surface area contributed by atoms with Gasteiger partial charge in [0.05, 0.1) is 10.2 Å². The molecule has 1 aliphatic heterocycles. The van der Waals surface area contributed by atoms with Gasteiger partial charge in [0.15, 0.2) is 0 Å². The maximum atomic E-state index is 13.5. The van der Waals surface area contributed by atoms with Crippen LogP contribution in [0.15, 0.2) is 41.8 Å². The minimum absolute atomic E-state index is 0.0188. The maximum Gasteiger partial charge on any atom is 0.270 e. The number of halogens is 1. The van der Waals surface area contributed by atoms with Gasteiger partial charge < -0.3 is 14.4 Å². The molecule has 0 atom stereocenters. The van der Waals surface area contributed by atoms with E-state index >= 15 is 0 Å². The average molecular weight is 472 g/mol. The van der Waals surface area contributed by atoms with Crippen LogP contribution in [0.3, 0.4) is 0 Å². The molecule has 170 valence electrons. The number of fused-ring (bicyclic) bond motifs is 1. The Hall–Kier alpha value is -2.31. The van der Waals surface area contributed by atoms with E-state index in [1.807, 2.05) is 47.2 Å². The molecule has 0 saturated carbocycles. The molecule has 1 aromatic carbocycles. The van der Waals surface area contributed by atoms with E-state index in [1.54, 1.807) is 11.3 Å². The van der Waals surface area contributed by atoms with Gasteiger partial charge >= 0.3 is 0 Å². The van der Waals surface area contributed by atoms with E-state index in [1.165, 1.54) is 0 Å². The summed E-state index contributed by atoms with van der Waals surface area (Å²) < 4.78 is 3.22. The first-order valence-electron chi connectivity index (χ1n) is 11.3. The zero-order valence-electron chi connectivity index (χ0n) is 18.7. The van der Waals surface area contributed by atoms with E-state index < -0.39 is 0 Å². The molecule has 0 radical (unpaired) electrons. The lowest BCUT2D eigenvalue weighted by Gasteiger charge is -2.33. The highest BCUT2D eigenvalue weighted by Gasteiger charge is 2.30. The van der Waals surface area contributed by atoms with Gasteiger partial charge in [-0.1, -0.05) is 37.1 Å². The van der Waals surface area contributed by atoms with Gasteiger partial charge in [0.2, 0.25) is 5.91 Å². The number of hydrogen-bond donors (Lipinski definition) is 0. The van der Waals surface area contributed by atoms with Crippen LogP contribution >= 0.6 is 22.9 Å². The topological polar surface area (TPSA) is 45.6 Å². The van der Waals surface area contributed by atoms with Gasteiger partial charge in [-0.15, -0.1) is 11.3 Å². The largest absolute Gasteiger partial charge is 0.346 e. The first-order valence-corrected chi connectivity index (χ1v) is 12.6. The highest BCUT2D eigenvalue weighted by molar-refractivity contribution is 7.17. The number of benzene rings is 1. The van der Waals surface area contributed by atoms with Gasteiger partial charge in [0, 0.05) is 44.2 Å². The molecule has 5 nitrogen and oxygen atoms in total. The molecular formula is C25H30ClN3O2S. The SMILES string of the molecule is CCCCN(C)C(=O)C1CCN(C(=O)c2cc3sccc3n2Cc2ccc(Cl)cc2)CC1. The Morgan fingerprint density at radius 1 is 1.16 bits per heavy atom. The summed E-state index contributed by atoms with van der Waals surface area (Å²) in [4.78, 5) is 30.0. The fourth-order valence-corrected chi connectivity index (χ4v) is 5.35. The fourth-order valence-electron chi connectivity index (χ4n) is 4.41. The maximum absolute atomic E-state index is 13.5. The number of likely N-dealkylation sites (tertiary alicyclic amines) is 1. The minimum Gasteiger partial charge on any atom is -0.346 e. The molecule has 1 fully saturated rings. The third kappa shape index (κ3) is 4.86. The highest BCUT2D eigenvalue weighted by atomic mass is 35.5. The van der Waals surface area contributed by atoms with Gasteiger partial charge in [-0.05, 0) is 54.5 Å². The molecule has 0 N–H and O–H groups in total. The number of rotatable bonds is 7. The van der Waals surface area contributed by atoms with Crippen molar-refractivity contribution in [3.05, 3.63) is 58.1 Å². The van der Waals surface area contributed by atoms with E-state index in [9.17, 15) is 9.59 Å². The van der Waals surface area contributed by atoms with Crippen molar-refractivity contribution in [1.29, 1.82) is 0 Å². The van der Waals surface area contributed by atoms with Gasteiger partial charge in [-0.2, -0.15) is 0 Å². The zero-order chi connectivity index (χ0) is 22.7. The van der Waals surface area contributed by atoms with Crippen molar-refractivity contribution in [3.63, 3.8) is 0 Å². The standard InChI is InChI=1S/C25H30ClN3O2S/c1-3-4-12-27(2)24(30)19-9-13-28(14-10-19)25(31)22-16-23-21(11-15-32-23)29(22)17-18-5-7-20(26)8-6-18/h5-8,11,15-16,19H,3-4,9-10,12-14,17H2,1-2H3. The minimum atomic E-state index is 0.0188. The van der Waals surface area contributed by atoms with Crippen molar-refractivity contribution >= 4 is 45.0 Å². The Bertz CT molecular complexity index is 1080. The monoisotopic (exact) mass is 471 g/mol. The lowest BCUT2D eigenvalue weighted by Crippen LogP contribution is -2.44. The first-order chi connectivity index (χ1) is 15.5. The summed E-state index contributed by atoms with van der Waals surface area (Å²) in [5.74, 6) is 0.287. The van der Waals surface area contributed by atoms with Gasteiger partial charge in [-0.3, -0.25) is 9.59 Å². The number of amides is 2. The van der Waals surface area contributed by atoms with E-state index in [0.29, 0.717) is 30.4 Å². The third-order valence-corrected chi connectivity index (χ3v) is 7.46. The molecule has 2 amide bonds. The second-order valence-electron chi connectivity index (χ2n) is 8.59.